The van der Waals surface area contributed by atoms with Crippen LogP contribution in [0.15, 0.2) is 18.2 Å². The first kappa shape index (κ1) is 11.4. The predicted molar refractivity (Wildman–Crippen MR) is 66.0 cm³/mol. The maximum atomic E-state index is 5.23. The van der Waals surface area contributed by atoms with E-state index in [0.717, 1.165) is 25.4 Å². The molecule has 16 heavy (non-hydrogen) atoms. The Labute approximate surface area is 97.4 Å². The number of piperazine rings is 1. The SMILES string of the molecule is COc1ccc(C2CNCCN2C)c(C)c1. The molecule has 0 aliphatic carbocycles. The third-order valence-corrected chi connectivity index (χ3v) is 3.35. The first-order chi connectivity index (χ1) is 7.72. The zero-order valence-corrected chi connectivity index (χ0v) is 10.3. The standard InChI is InChI=1S/C13H20N2O/c1-10-8-11(16-3)4-5-12(10)13-9-14-6-7-15(13)2/h4-5,8,13-14H,6-7,9H2,1-3H3. The van der Waals surface area contributed by atoms with Gasteiger partial charge in [0, 0.05) is 25.7 Å². The van der Waals surface area contributed by atoms with Crippen LogP contribution in [-0.2, 0) is 0 Å². The lowest BCUT2D eigenvalue weighted by molar-refractivity contribution is 0.201. The van der Waals surface area contributed by atoms with E-state index in [-0.39, 0.29) is 0 Å². The molecule has 1 aliphatic heterocycles. The molecule has 1 saturated heterocycles. The van der Waals surface area contributed by atoms with Crippen LogP contribution in [0.1, 0.15) is 17.2 Å². The second-order valence-corrected chi connectivity index (χ2v) is 4.42. The summed E-state index contributed by atoms with van der Waals surface area (Å²) in [7, 11) is 3.90. The Morgan fingerprint density at radius 3 is 2.88 bits per heavy atom. The molecule has 0 aromatic heterocycles. The lowest BCUT2D eigenvalue weighted by Gasteiger charge is -2.34. The highest BCUT2D eigenvalue weighted by Crippen LogP contribution is 2.26. The second kappa shape index (κ2) is 4.85. The first-order valence-electron chi connectivity index (χ1n) is 5.78. The molecule has 1 unspecified atom stereocenters. The number of aryl methyl sites for hydroxylation is 1. The summed E-state index contributed by atoms with van der Waals surface area (Å²) >= 11 is 0. The summed E-state index contributed by atoms with van der Waals surface area (Å²) in [4.78, 5) is 2.41. The van der Waals surface area contributed by atoms with Gasteiger partial charge in [-0.3, -0.25) is 4.90 Å². The van der Waals surface area contributed by atoms with Crippen LogP contribution in [0.4, 0.5) is 0 Å². The van der Waals surface area contributed by atoms with Gasteiger partial charge in [0.15, 0.2) is 0 Å². The van der Waals surface area contributed by atoms with Crippen molar-refractivity contribution in [2.75, 3.05) is 33.8 Å². The van der Waals surface area contributed by atoms with E-state index in [9.17, 15) is 0 Å². The minimum Gasteiger partial charge on any atom is -0.497 e. The molecule has 1 atom stereocenters. The molecule has 0 bridgehead atoms. The number of hydrogen-bond acceptors (Lipinski definition) is 3. The Kier molecular flexibility index (Phi) is 3.46. The number of benzene rings is 1. The molecule has 2 rings (SSSR count). The number of nitrogens with one attached hydrogen (secondary N) is 1. The molecule has 0 radical (unpaired) electrons. The molecule has 0 amide bonds. The third-order valence-electron chi connectivity index (χ3n) is 3.35. The molecule has 88 valence electrons. The average Bonchev–Trinajstić information content (AvgIpc) is 2.30. The number of ether oxygens (including phenoxy) is 1. The summed E-state index contributed by atoms with van der Waals surface area (Å²) in [5, 5.41) is 3.45. The molecule has 1 aromatic rings. The van der Waals surface area contributed by atoms with E-state index in [4.69, 9.17) is 4.74 Å². The summed E-state index contributed by atoms with van der Waals surface area (Å²) in [6.45, 7) is 5.38. The molecule has 1 aliphatic rings. The number of hydrogen-bond donors (Lipinski definition) is 1. The lowest BCUT2D eigenvalue weighted by Crippen LogP contribution is -2.44. The summed E-state index contributed by atoms with van der Waals surface area (Å²) in [6.07, 6.45) is 0. The fourth-order valence-electron chi connectivity index (χ4n) is 2.30. The molecule has 1 heterocycles. The molecular weight excluding hydrogens is 200 g/mol. The van der Waals surface area contributed by atoms with Crippen LogP contribution in [0.5, 0.6) is 5.75 Å². The molecule has 1 N–H and O–H groups in total. The monoisotopic (exact) mass is 220 g/mol. The third kappa shape index (κ3) is 2.20. The second-order valence-electron chi connectivity index (χ2n) is 4.42. The van der Waals surface area contributed by atoms with Crippen LogP contribution in [0.3, 0.4) is 0 Å². The van der Waals surface area contributed by atoms with Gasteiger partial charge in [-0.2, -0.15) is 0 Å². The largest absolute Gasteiger partial charge is 0.497 e. The van der Waals surface area contributed by atoms with Gasteiger partial charge >= 0.3 is 0 Å². The van der Waals surface area contributed by atoms with E-state index < -0.39 is 0 Å². The van der Waals surface area contributed by atoms with Crippen LogP contribution in [0, 0.1) is 6.92 Å². The van der Waals surface area contributed by atoms with Gasteiger partial charge in [0.1, 0.15) is 5.75 Å². The van der Waals surface area contributed by atoms with Crippen molar-refractivity contribution in [1.29, 1.82) is 0 Å². The maximum Gasteiger partial charge on any atom is 0.119 e. The van der Waals surface area contributed by atoms with Gasteiger partial charge in [0.2, 0.25) is 0 Å². The minimum atomic E-state index is 0.486. The zero-order valence-electron chi connectivity index (χ0n) is 10.3. The maximum absolute atomic E-state index is 5.23. The van der Waals surface area contributed by atoms with Crippen LogP contribution in [0.25, 0.3) is 0 Å². The molecular formula is C13H20N2O. The van der Waals surface area contributed by atoms with Crippen molar-refractivity contribution in [2.24, 2.45) is 0 Å². The Morgan fingerprint density at radius 1 is 1.44 bits per heavy atom. The van der Waals surface area contributed by atoms with Crippen molar-refractivity contribution in [1.82, 2.24) is 10.2 Å². The van der Waals surface area contributed by atoms with Crippen molar-refractivity contribution in [3.05, 3.63) is 29.3 Å². The molecule has 3 heteroatoms. The van der Waals surface area contributed by atoms with Gasteiger partial charge in [0.25, 0.3) is 0 Å². The molecule has 0 spiro atoms. The van der Waals surface area contributed by atoms with E-state index >= 15 is 0 Å². The Morgan fingerprint density at radius 2 is 2.25 bits per heavy atom. The highest BCUT2D eigenvalue weighted by molar-refractivity contribution is 5.37. The lowest BCUT2D eigenvalue weighted by atomic mass is 9.98. The predicted octanol–water partition coefficient (Wildman–Crippen LogP) is 1.58. The van der Waals surface area contributed by atoms with E-state index in [1.807, 2.05) is 6.07 Å². The quantitative estimate of drug-likeness (QED) is 0.819. The van der Waals surface area contributed by atoms with Gasteiger partial charge in [-0.25, -0.2) is 0 Å². The van der Waals surface area contributed by atoms with Crippen molar-refractivity contribution in [2.45, 2.75) is 13.0 Å². The van der Waals surface area contributed by atoms with Gasteiger partial charge in [0.05, 0.1) is 7.11 Å². The number of methoxy groups -OCH3 is 1. The van der Waals surface area contributed by atoms with Gasteiger partial charge in [-0.05, 0) is 37.2 Å². The summed E-state index contributed by atoms with van der Waals surface area (Å²) in [6, 6.07) is 6.82. The molecule has 1 aromatic carbocycles. The highest BCUT2D eigenvalue weighted by Gasteiger charge is 2.21. The summed E-state index contributed by atoms with van der Waals surface area (Å²) in [5.74, 6) is 0.938. The number of nitrogens with zero attached hydrogens (tertiary/aromatic N) is 1. The average molecular weight is 220 g/mol. The zero-order chi connectivity index (χ0) is 11.5. The first-order valence-corrected chi connectivity index (χ1v) is 5.78. The van der Waals surface area contributed by atoms with Gasteiger partial charge in [-0.15, -0.1) is 0 Å². The fourth-order valence-corrected chi connectivity index (χ4v) is 2.30. The van der Waals surface area contributed by atoms with Crippen LogP contribution >= 0.6 is 0 Å². The molecule has 1 fully saturated rings. The smallest absolute Gasteiger partial charge is 0.119 e. The summed E-state index contributed by atoms with van der Waals surface area (Å²) < 4.78 is 5.23. The topological polar surface area (TPSA) is 24.5 Å². The van der Waals surface area contributed by atoms with Crippen molar-refractivity contribution in [3.8, 4) is 5.75 Å². The van der Waals surface area contributed by atoms with Crippen molar-refractivity contribution < 1.29 is 4.74 Å². The number of rotatable bonds is 2. The van der Waals surface area contributed by atoms with E-state index in [0.29, 0.717) is 6.04 Å². The fraction of sp³-hybridized carbons (Fsp3) is 0.538. The molecule has 3 nitrogen and oxygen atoms in total. The van der Waals surface area contributed by atoms with Gasteiger partial charge < -0.3 is 10.1 Å². The minimum absolute atomic E-state index is 0.486. The van der Waals surface area contributed by atoms with Crippen molar-refractivity contribution >= 4 is 0 Å². The van der Waals surface area contributed by atoms with E-state index in [2.05, 4.69) is 36.3 Å². The van der Waals surface area contributed by atoms with Crippen molar-refractivity contribution in [3.63, 3.8) is 0 Å². The van der Waals surface area contributed by atoms with E-state index in [1.165, 1.54) is 11.1 Å². The van der Waals surface area contributed by atoms with Crippen LogP contribution < -0.4 is 10.1 Å². The Bertz CT molecular complexity index is 365. The Hall–Kier alpha value is -1.06. The Balaban J connectivity index is 2.25. The van der Waals surface area contributed by atoms with Crippen LogP contribution in [0.2, 0.25) is 0 Å². The van der Waals surface area contributed by atoms with E-state index in [1.54, 1.807) is 7.11 Å². The highest BCUT2D eigenvalue weighted by atomic mass is 16.5. The van der Waals surface area contributed by atoms with Gasteiger partial charge in [-0.1, -0.05) is 6.07 Å². The summed E-state index contributed by atoms with van der Waals surface area (Å²) in [5.41, 5.74) is 2.70. The number of likely N-dealkylation sites (N-methyl/N-ethyl adjacent to an activating group) is 1. The van der Waals surface area contributed by atoms with Crippen LogP contribution in [-0.4, -0.2) is 38.7 Å². The normalized spacial score (nSPS) is 22.1. The molecule has 0 saturated carbocycles.